The van der Waals surface area contributed by atoms with Crippen LogP contribution >= 0.6 is 0 Å². The number of nitrogens with zero attached hydrogens (tertiary/aromatic N) is 1. The monoisotopic (exact) mass is 407 g/mol. The summed E-state index contributed by atoms with van der Waals surface area (Å²) in [4.78, 5) is 25.7. The zero-order valence-electron chi connectivity index (χ0n) is 16.7. The summed E-state index contributed by atoms with van der Waals surface area (Å²) in [5, 5.41) is 19.3. The van der Waals surface area contributed by atoms with Crippen molar-refractivity contribution in [2.24, 2.45) is 5.41 Å². The zero-order valence-corrected chi connectivity index (χ0v) is 16.7. The SMILES string of the molecule is O=C(OCC1c2ccccc2-c2ccccc21)N1CCCC2(C1)CC(O)(C(=O)O)C2. The third-order valence-corrected chi connectivity index (χ3v) is 6.99. The molecule has 6 nitrogen and oxygen atoms in total. The quantitative estimate of drug-likeness (QED) is 0.811. The van der Waals surface area contributed by atoms with Crippen LogP contribution in [0.1, 0.15) is 42.7 Å². The molecule has 1 saturated carbocycles. The molecule has 0 unspecified atom stereocenters. The molecular formula is C24H25NO5. The van der Waals surface area contributed by atoms with Crippen molar-refractivity contribution in [2.75, 3.05) is 19.7 Å². The average Bonchev–Trinajstić information content (AvgIpc) is 3.05. The van der Waals surface area contributed by atoms with Crippen molar-refractivity contribution < 1.29 is 24.5 Å². The lowest BCUT2D eigenvalue weighted by Gasteiger charge is -2.54. The molecule has 0 atom stereocenters. The number of benzene rings is 2. The third-order valence-electron chi connectivity index (χ3n) is 6.99. The van der Waals surface area contributed by atoms with Gasteiger partial charge in [0, 0.05) is 19.0 Å². The third kappa shape index (κ3) is 2.98. The number of hydrogen-bond acceptors (Lipinski definition) is 4. The molecule has 30 heavy (non-hydrogen) atoms. The van der Waals surface area contributed by atoms with Crippen LogP contribution in [0.2, 0.25) is 0 Å². The molecule has 1 spiro atoms. The highest BCUT2D eigenvalue weighted by atomic mass is 16.6. The van der Waals surface area contributed by atoms with Gasteiger partial charge < -0.3 is 19.8 Å². The second-order valence-electron chi connectivity index (χ2n) is 9.02. The molecule has 6 heteroatoms. The Bertz CT molecular complexity index is 965. The second kappa shape index (κ2) is 6.84. The lowest BCUT2D eigenvalue weighted by molar-refractivity contribution is -0.193. The molecule has 1 aliphatic heterocycles. The summed E-state index contributed by atoms with van der Waals surface area (Å²) in [6.45, 7) is 1.32. The molecule has 2 aromatic rings. The van der Waals surface area contributed by atoms with Gasteiger partial charge in [-0.05, 0) is 53.4 Å². The number of rotatable bonds is 3. The van der Waals surface area contributed by atoms with Gasteiger partial charge in [-0.1, -0.05) is 48.5 Å². The molecule has 1 saturated heterocycles. The minimum atomic E-state index is -1.65. The number of aliphatic hydroxyl groups is 1. The number of carboxylic acids is 1. The van der Waals surface area contributed by atoms with Gasteiger partial charge in [0.05, 0.1) is 0 Å². The van der Waals surface area contributed by atoms with E-state index in [2.05, 4.69) is 24.3 Å². The maximum Gasteiger partial charge on any atom is 0.409 e. The van der Waals surface area contributed by atoms with E-state index in [1.54, 1.807) is 4.90 Å². The van der Waals surface area contributed by atoms with E-state index in [1.807, 2.05) is 24.3 Å². The van der Waals surface area contributed by atoms with Crippen LogP contribution in [0.5, 0.6) is 0 Å². The molecule has 2 N–H and O–H groups in total. The van der Waals surface area contributed by atoms with E-state index in [0.717, 1.165) is 12.8 Å². The van der Waals surface area contributed by atoms with Crippen molar-refractivity contribution in [1.29, 1.82) is 0 Å². The molecule has 2 aromatic carbocycles. The number of aliphatic carboxylic acids is 1. The molecule has 1 amide bonds. The lowest BCUT2D eigenvalue weighted by atomic mass is 9.56. The van der Waals surface area contributed by atoms with Crippen molar-refractivity contribution >= 4 is 12.1 Å². The Morgan fingerprint density at radius 2 is 1.63 bits per heavy atom. The van der Waals surface area contributed by atoms with Gasteiger partial charge in [0.2, 0.25) is 0 Å². The van der Waals surface area contributed by atoms with E-state index in [1.165, 1.54) is 22.3 Å². The number of carbonyl (C=O) groups is 2. The van der Waals surface area contributed by atoms with Crippen LogP contribution in [0.4, 0.5) is 4.79 Å². The minimum absolute atomic E-state index is 0.0147. The Kier molecular flexibility index (Phi) is 4.36. The van der Waals surface area contributed by atoms with Gasteiger partial charge in [0.1, 0.15) is 6.61 Å². The molecule has 3 aliphatic rings. The first-order valence-electron chi connectivity index (χ1n) is 10.5. The summed E-state index contributed by atoms with van der Waals surface area (Å²) in [5.74, 6) is -1.16. The molecule has 1 heterocycles. The van der Waals surface area contributed by atoms with Gasteiger partial charge in [0.15, 0.2) is 5.60 Å². The molecule has 156 valence electrons. The zero-order chi connectivity index (χ0) is 20.9. The summed E-state index contributed by atoms with van der Waals surface area (Å²) in [6.07, 6.45) is 1.65. The number of piperidine rings is 1. The van der Waals surface area contributed by atoms with Crippen molar-refractivity contribution in [1.82, 2.24) is 4.90 Å². The summed E-state index contributed by atoms with van der Waals surface area (Å²) >= 11 is 0. The van der Waals surface area contributed by atoms with Gasteiger partial charge >= 0.3 is 12.1 Å². The summed E-state index contributed by atoms with van der Waals surface area (Å²) in [5.41, 5.74) is 2.77. The highest BCUT2D eigenvalue weighted by Gasteiger charge is 2.59. The number of hydrogen-bond donors (Lipinski definition) is 2. The summed E-state index contributed by atoms with van der Waals surface area (Å²) in [7, 11) is 0. The fourth-order valence-electron chi connectivity index (χ4n) is 5.68. The van der Waals surface area contributed by atoms with Crippen LogP contribution < -0.4 is 0 Å². The molecular weight excluding hydrogens is 382 g/mol. The molecule has 0 bridgehead atoms. The fraction of sp³-hybridized carbons (Fsp3) is 0.417. The maximum absolute atomic E-state index is 12.8. The number of likely N-dealkylation sites (tertiary alicyclic amines) is 1. The van der Waals surface area contributed by atoms with Crippen molar-refractivity contribution in [3.63, 3.8) is 0 Å². The van der Waals surface area contributed by atoms with Gasteiger partial charge in [-0.2, -0.15) is 0 Å². The van der Waals surface area contributed by atoms with Gasteiger partial charge in [-0.25, -0.2) is 9.59 Å². The Morgan fingerprint density at radius 3 is 2.23 bits per heavy atom. The minimum Gasteiger partial charge on any atom is -0.479 e. The number of carbonyl (C=O) groups excluding carboxylic acids is 1. The van der Waals surface area contributed by atoms with Crippen LogP contribution in [0.15, 0.2) is 48.5 Å². The summed E-state index contributed by atoms with van der Waals surface area (Å²) < 4.78 is 5.75. The fourth-order valence-corrected chi connectivity index (χ4v) is 5.68. The van der Waals surface area contributed by atoms with Crippen molar-refractivity contribution in [3.8, 4) is 11.1 Å². The number of amides is 1. The molecule has 2 fully saturated rings. The van der Waals surface area contributed by atoms with Crippen LogP contribution in [-0.2, 0) is 9.53 Å². The van der Waals surface area contributed by atoms with Crippen LogP contribution in [0.25, 0.3) is 11.1 Å². The Hall–Kier alpha value is -2.86. The Balaban J connectivity index is 1.26. The van der Waals surface area contributed by atoms with E-state index in [-0.39, 0.29) is 36.9 Å². The first-order chi connectivity index (χ1) is 14.4. The standard InChI is InChI=1S/C24H25NO5/c26-21(27)24(29)13-23(14-24)10-5-11-25(15-23)22(28)30-12-20-18-8-3-1-6-16(18)17-7-2-4-9-19(17)20/h1-4,6-9,20,29H,5,10-15H2,(H,26,27). The number of ether oxygens (including phenoxy) is 1. The first kappa shape index (κ1) is 19.1. The van der Waals surface area contributed by atoms with E-state index in [9.17, 15) is 19.8 Å². The van der Waals surface area contributed by atoms with Crippen LogP contribution in [-0.4, -0.2) is 52.5 Å². The van der Waals surface area contributed by atoms with Gasteiger partial charge in [0.25, 0.3) is 0 Å². The van der Waals surface area contributed by atoms with Crippen LogP contribution in [0, 0.1) is 5.41 Å². The Morgan fingerprint density at radius 1 is 1.03 bits per heavy atom. The van der Waals surface area contributed by atoms with Crippen molar-refractivity contribution in [3.05, 3.63) is 59.7 Å². The predicted molar refractivity (Wildman–Crippen MR) is 110 cm³/mol. The highest BCUT2D eigenvalue weighted by Crippen LogP contribution is 2.53. The van der Waals surface area contributed by atoms with E-state index in [4.69, 9.17) is 4.74 Å². The lowest BCUT2D eigenvalue weighted by Crippen LogP contribution is -2.62. The molecule has 0 radical (unpaired) electrons. The maximum atomic E-state index is 12.8. The number of carboxylic acid groups (broad SMARTS) is 1. The highest BCUT2D eigenvalue weighted by molar-refractivity contribution is 5.80. The topological polar surface area (TPSA) is 87.1 Å². The summed E-state index contributed by atoms with van der Waals surface area (Å²) in [6, 6.07) is 16.4. The largest absolute Gasteiger partial charge is 0.479 e. The Labute approximate surface area is 175 Å². The van der Waals surface area contributed by atoms with Crippen LogP contribution in [0.3, 0.4) is 0 Å². The van der Waals surface area contributed by atoms with Gasteiger partial charge in [-0.3, -0.25) is 0 Å². The van der Waals surface area contributed by atoms with E-state index < -0.39 is 11.6 Å². The molecule has 0 aromatic heterocycles. The normalized spacial score (nSPS) is 27.3. The molecule has 5 rings (SSSR count). The van der Waals surface area contributed by atoms with E-state index in [0.29, 0.717) is 13.1 Å². The average molecular weight is 407 g/mol. The number of fused-ring (bicyclic) bond motifs is 3. The van der Waals surface area contributed by atoms with Crippen molar-refractivity contribution in [2.45, 2.75) is 37.2 Å². The molecule has 2 aliphatic carbocycles. The first-order valence-corrected chi connectivity index (χ1v) is 10.5. The smallest absolute Gasteiger partial charge is 0.409 e. The second-order valence-corrected chi connectivity index (χ2v) is 9.02. The van der Waals surface area contributed by atoms with E-state index >= 15 is 0 Å². The van der Waals surface area contributed by atoms with Gasteiger partial charge in [-0.15, -0.1) is 0 Å². The predicted octanol–water partition coefficient (Wildman–Crippen LogP) is 3.63.